The Morgan fingerprint density at radius 1 is 1.24 bits per heavy atom. The van der Waals surface area contributed by atoms with Crippen LogP contribution >= 0.6 is 0 Å². The Labute approximate surface area is 127 Å². The molecule has 0 radical (unpaired) electrons. The highest BCUT2D eigenvalue weighted by Crippen LogP contribution is 2.21. The molecule has 0 spiro atoms. The fourth-order valence-electron chi connectivity index (χ4n) is 2.40. The lowest BCUT2D eigenvalue weighted by molar-refractivity contribution is -0.0937. The van der Waals surface area contributed by atoms with E-state index in [2.05, 4.69) is 19.1 Å². The van der Waals surface area contributed by atoms with Crippen LogP contribution in [-0.4, -0.2) is 59.6 Å². The van der Waals surface area contributed by atoms with Crippen molar-refractivity contribution in [1.82, 2.24) is 0 Å². The Balaban J connectivity index is 2.12. The molecule has 1 aliphatic rings. The van der Waals surface area contributed by atoms with Crippen molar-refractivity contribution in [3.63, 3.8) is 0 Å². The van der Waals surface area contributed by atoms with Gasteiger partial charge in [-0.2, -0.15) is 0 Å². The molecule has 1 fully saturated rings. The van der Waals surface area contributed by atoms with E-state index < -0.39 is 24.4 Å². The minimum atomic E-state index is -1.01. The fourth-order valence-corrected chi connectivity index (χ4v) is 2.40. The van der Waals surface area contributed by atoms with Gasteiger partial charge in [-0.1, -0.05) is 31.9 Å². The van der Waals surface area contributed by atoms with Crippen LogP contribution in [0.4, 0.5) is 0 Å². The molecule has 0 bridgehead atoms. The highest BCUT2D eigenvalue weighted by Gasteiger charge is 2.40. The molecule has 0 aromatic heterocycles. The van der Waals surface area contributed by atoms with Gasteiger partial charge in [-0.05, 0) is 25.7 Å². The quantitative estimate of drug-likeness (QED) is 0.397. The van der Waals surface area contributed by atoms with Crippen LogP contribution in [0.2, 0.25) is 0 Å². The van der Waals surface area contributed by atoms with Gasteiger partial charge in [0.2, 0.25) is 0 Å². The van der Waals surface area contributed by atoms with Crippen LogP contribution in [0.5, 0.6) is 0 Å². The smallest absolute Gasteiger partial charge is 0.114 e. The zero-order valence-corrected chi connectivity index (χ0v) is 13.0. The van der Waals surface area contributed by atoms with Gasteiger partial charge < -0.3 is 24.8 Å². The Bertz CT molecular complexity index is 282. The number of hydrogen-bond acceptors (Lipinski definition) is 5. The van der Waals surface area contributed by atoms with Crippen LogP contribution in [0, 0.1) is 0 Å². The van der Waals surface area contributed by atoms with Gasteiger partial charge in [0.1, 0.15) is 24.4 Å². The minimum Gasteiger partial charge on any atom is -0.394 e. The first kappa shape index (κ1) is 18.6. The summed E-state index contributed by atoms with van der Waals surface area (Å²) in [4.78, 5) is 0. The third-order valence-corrected chi connectivity index (χ3v) is 3.70. The van der Waals surface area contributed by atoms with Crippen molar-refractivity contribution in [3.8, 4) is 0 Å². The normalized spacial score (nSPS) is 27.5. The molecule has 0 aromatic rings. The van der Waals surface area contributed by atoms with Gasteiger partial charge in [0, 0.05) is 6.61 Å². The lowest BCUT2D eigenvalue weighted by Gasteiger charge is -2.23. The van der Waals surface area contributed by atoms with E-state index in [1.54, 1.807) is 0 Å². The van der Waals surface area contributed by atoms with Crippen molar-refractivity contribution < 1.29 is 24.8 Å². The lowest BCUT2D eigenvalue weighted by atomic mass is 10.1. The Morgan fingerprint density at radius 3 is 2.62 bits per heavy atom. The molecule has 1 rings (SSSR count). The molecule has 0 aliphatic carbocycles. The number of hydrogen-bond donors (Lipinski definition) is 3. The first-order valence-corrected chi connectivity index (χ1v) is 8.05. The van der Waals surface area contributed by atoms with E-state index in [-0.39, 0.29) is 13.2 Å². The predicted molar refractivity (Wildman–Crippen MR) is 81.1 cm³/mol. The highest BCUT2D eigenvalue weighted by atomic mass is 16.6. The highest BCUT2D eigenvalue weighted by molar-refractivity contribution is 4.89. The van der Waals surface area contributed by atoms with Crippen LogP contribution in [-0.2, 0) is 9.47 Å². The summed E-state index contributed by atoms with van der Waals surface area (Å²) in [5.74, 6) is 0. The van der Waals surface area contributed by atoms with Gasteiger partial charge in [0.05, 0.1) is 13.2 Å². The van der Waals surface area contributed by atoms with Crippen LogP contribution in [0.15, 0.2) is 12.2 Å². The topological polar surface area (TPSA) is 79.2 Å². The molecule has 3 N–H and O–H groups in total. The molecule has 1 saturated heterocycles. The Hall–Kier alpha value is -0.460. The van der Waals surface area contributed by atoms with Crippen molar-refractivity contribution in [2.24, 2.45) is 0 Å². The number of aliphatic hydroxyl groups is 3. The number of unbranched alkanes of at least 4 members (excludes halogenated alkanes) is 4. The van der Waals surface area contributed by atoms with E-state index in [9.17, 15) is 10.2 Å². The maximum atomic E-state index is 9.77. The van der Waals surface area contributed by atoms with Crippen LogP contribution < -0.4 is 0 Å². The molecule has 5 heteroatoms. The van der Waals surface area contributed by atoms with E-state index in [1.807, 2.05) is 0 Å². The number of rotatable bonds is 11. The van der Waals surface area contributed by atoms with E-state index in [1.165, 1.54) is 12.8 Å². The standard InChI is InChI=1S/C16H30O5/c1-2-3-4-5-6-7-8-9-10-20-16-14(19)12-21-15(16)13(18)11-17/h5-6,13-19H,2-4,7-12H2,1H3/b6-5+/t13-,14+,15+,16+/m1/s1. The molecule has 4 atom stereocenters. The summed E-state index contributed by atoms with van der Waals surface area (Å²) in [5.41, 5.74) is 0. The van der Waals surface area contributed by atoms with Crippen LogP contribution in [0.3, 0.4) is 0 Å². The van der Waals surface area contributed by atoms with E-state index >= 15 is 0 Å². The van der Waals surface area contributed by atoms with Gasteiger partial charge in [-0.15, -0.1) is 0 Å². The molecular weight excluding hydrogens is 272 g/mol. The number of ether oxygens (including phenoxy) is 2. The second-order valence-corrected chi connectivity index (χ2v) is 5.56. The fraction of sp³-hybridized carbons (Fsp3) is 0.875. The third-order valence-electron chi connectivity index (χ3n) is 3.70. The largest absolute Gasteiger partial charge is 0.394 e. The van der Waals surface area contributed by atoms with Crippen molar-refractivity contribution in [2.75, 3.05) is 19.8 Å². The van der Waals surface area contributed by atoms with Crippen LogP contribution in [0.1, 0.15) is 45.4 Å². The average Bonchev–Trinajstić information content (AvgIpc) is 2.86. The van der Waals surface area contributed by atoms with Crippen molar-refractivity contribution in [1.29, 1.82) is 0 Å². The maximum absolute atomic E-state index is 9.77. The summed E-state index contributed by atoms with van der Waals surface area (Å²) in [6.45, 7) is 2.47. The van der Waals surface area contributed by atoms with Crippen molar-refractivity contribution >= 4 is 0 Å². The molecule has 0 unspecified atom stereocenters. The van der Waals surface area contributed by atoms with E-state index in [0.29, 0.717) is 6.61 Å². The lowest BCUT2D eigenvalue weighted by Crippen LogP contribution is -2.42. The first-order chi connectivity index (χ1) is 10.2. The predicted octanol–water partition coefficient (Wildman–Crippen LogP) is 1.40. The zero-order chi connectivity index (χ0) is 15.5. The second-order valence-electron chi connectivity index (χ2n) is 5.56. The maximum Gasteiger partial charge on any atom is 0.114 e. The third kappa shape index (κ3) is 6.89. The van der Waals surface area contributed by atoms with Crippen LogP contribution in [0.25, 0.3) is 0 Å². The number of allylic oxidation sites excluding steroid dienone is 2. The molecule has 1 aliphatic heterocycles. The monoisotopic (exact) mass is 302 g/mol. The van der Waals surface area contributed by atoms with Crippen molar-refractivity contribution in [3.05, 3.63) is 12.2 Å². The number of aliphatic hydroxyl groups excluding tert-OH is 3. The summed E-state index contributed by atoms with van der Waals surface area (Å²) in [6, 6.07) is 0. The Morgan fingerprint density at radius 2 is 1.95 bits per heavy atom. The summed E-state index contributed by atoms with van der Waals surface area (Å²) >= 11 is 0. The molecule has 124 valence electrons. The van der Waals surface area contributed by atoms with E-state index in [4.69, 9.17) is 14.6 Å². The van der Waals surface area contributed by atoms with Gasteiger partial charge >= 0.3 is 0 Å². The summed E-state index contributed by atoms with van der Waals surface area (Å²) in [5, 5.41) is 28.3. The van der Waals surface area contributed by atoms with E-state index in [0.717, 1.165) is 25.7 Å². The molecule has 0 amide bonds. The van der Waals surface area contributed by atoms with Gasteiger partial charge in [-0.25, -0.2) is 0 Å². The van der Waals surface area contributed by atoms with Gasteiger partial charge in [0.25, 0.3) is 0 Å². The molecule has 5 nitrogen and oxygen atoms in total. The zero-order valence-electron chi connectivity index (χ0n) is 13.0. The Kier molecular flexibility index (Phi) is 9.87. The molecule has 1 heterocycles. The molecule has 0 aromatic carbocycles. The summed E-state index contributed by atoms with van der Waals surface area (Å²) in [6.07, 6.45) is 8.12. The molecule has 21 heavy (non-hydrogen) atoms. The first-order valence-electron chi connectivity index (χ1n) is 8.05. The second kappa shape index (κ2) is 11.2. The minimum absolute atomic E-state index is 0.145. The van der Waals surface area contributed by atoms with Crippen molar-refractivity contribution in [2.45, 2.75) is 69.9 Å². The average molecular weight is 302 g/mol. The SMILES string of the molecule is CCCC/C=C/CCCCO[C@@H]1[C@H]([C@H](O)CO)OC[C@@H]1O. The summed E-state index contributed by atoms with van der Waals surface area (Å²) in [7, 11) is 0. The summed E-state index contributed by atoms with van der Waals surface area (Å²) < 4.78 is 10.9. The molecular formula is C16H30O5. The van der Waals surface area contributed by atoms with Gasteiger partial charge in [0.15, 0.2) is 0 Å². The molecule has 0 saturated carbocycles. The van der Waals surface area contributed by atoms with Gasteiger partial charge in [-0.3, -0.25) is 0 Å².